The second kappa shape index (κ2) is 14.6. The Morgan fingerprint density at radius 1 is 0.875 bits per heavy atom. The molecule has 11 nitrogen and oxygen atoms in total. The van der Waals surface area contributed by atoms with Crippen molar-refractivity contribution in [3.05, 3.63) is 0 Å². The Bertz CT molecular complexity index is 255. The molecule has 0 aliphatic heterocycles. The van der Waals surface area contributed by atoms with Crippen molar-refractivity contribution in [3.8, 4) is 0 Å². The van der Waals surface area contributed by atoms with Crippen molar-refractivity contribution in [3.63, 3.8) is 0 Å². The molecule has 0 spiro atoms. The predicted molar refractivity (Wildman–Crippen MR) is 52.5 cm³/mol. The molecule has 0 saturated carbocycles. The molecule has 0 aliphatic rings. The molecular weight excluding hydrogens is 276 g/mol. The molecule has 0 aliphatic carbocycles. The molecule has 16 heavy (non-hydrogen) atoms. The van der Waals surface area contributed by atoms with Gasteiger partial charge in [-0.05, 0) is 0 Å². The van der Waals surface area contributed by atoms with Crippen LogP contribution in [0.15, 0.2) is 0 Å². The number of hydrogen-bond acceptors (Lipinski definition) is 10. The van der Waals surface area contributed by atoms with Crippen molar-refractivity contribution >= 4 is 20.5 Å². The highest BCUT2D eigenvalue weighted by atomic mass is 32.3. The fourth-order valence-electron chi connectivity index (χ4n) is 0. The van der Waals surface area contributed by atoms with Crippen molar-refractivity contribution in [2.45, 2.75) is 14.9 Å². The summed E-state index contributed by atoms with van der Waals surface area (Å²) in [5.41, 5.74) is 0. The van der Waals surface area contributed by atoms with Crippen molar-refractivity contribution < 1.29 is 51.1 Å². The third-order valence-corrected chi connectivity index (χ3v) is 0.689. The van der Waals surface area contributed by atoms with Gasteiger partial charge in [0.25, 0.3) is 10.1 Å². The molecule has 5 N–H and O–H groups in total. The van der Waals surface area contributed by atoms with Crippen LogP contribution in [0.25, 0.3) is 0 Å². The van der Waals surface area contributed by atoms with Crippen LogP contribution >= 0.6 is 0 Å². The highest BCUT2D eigenvalue weighted by molar-refractivity contribution is 7.85. The van der Waals surface area contributed by atoms with E-state index in [0.29, 0.717) is 0 Å². The highest BCUT2D eigenvalue weighted by Gasteiger charge is 1.97. The lowest BCUT2D eigenvalue weighted by Gasteiger charge is -1.81. The van der Waals surface area contributed by atoms with Gasteiger partial charge in [-0.25, -0.2) is 10.5 Å². The van der Waals surface area contributed by atoms with E-state index in [1.807, 2.05) is 0 Å². The third-order valence-electron chi connectivity index (χ3n) is 0.230. The summed E-state index contributed by atoms with van der Waals surface area (Å²) in [5.74, 6) is 0. The van der Waals surface area contributed by atoms with Crippen LogP contribution in [0, 0.1) is 0 Å². The molecule has 0 aromatic rings. The zero-order valence-corrected chi connectivity index (χ0v) is 8.14. The summed E-state index contributed by atoms with van der Waals surface area (Å²) in [5, 5.41) is 26.4. The van der Waals surface area contributed by atoms with Crippen LogP contribution in [-0.4, -0.2) is 48.7 Å². The van der Waals surface area contributed by atoms with E-state index in [9.17, 15) is 8.42 Å². The van der Waals surface area contributed by atoms with Gasteiger partial charge in [-0.1, -0.05) is 19.2 Å². The second-order valence-corrected chi connectivity index (χ2v) is 3.84. The van der Waals surface area contributed by atoms with Gasteiger partial charge in [0.1, 0.15) is 0 Å². The highest BCUT2D eigenvalue weighted by Crippen LogP contribution is 1.75. The molecule has 0 aromatic carbocycles. The van der Waals surface area contributed by atoms with E-state index in [4.69, 9.17) is 34.0 Å². The lowest BCUT2D eigenvalue weighted by atomic mass is 12.0. The molecule has 0 atom stereocenters. The summed E-state index contributed by atoms with van der Waals surface area (Å²) < 4.78 is 49.9. The Morgan fingerprint density at radius 2 is 1.00 bits per heavy atom. The quantitative estimate of drug-likeness (QED) is 0.262. The summed E-state index contributed by atoms with van der Waals surface area (Å²) in [7, 11) is -8.21. The van der Waals surface area contributed by atoms with Crippen LogP contribution < -0.4 is 0 Å². The van der Waals surface area contributed by atoms with E-state index < -0.39 is 20.5 Å². The molecular formula is C3H16O11S2. The van der Waals surface area contributed by atoms with Gasteiger partial charge in [-0.15, -0.1) is 4.33 Å². The maximum atomic E-state index is 9.53. The predicted octanol–water partition coefficient (Wildman–Crippen LogP) is 0.00400. The average Bonchev–Trinajstić information content (AvgIpc) is 2.07. The maximum absolute atomic E-state index is 9.53. The molecule has 0 bridgehead atoms. The largest absolute Gasteiger partial charge is 0.423 e. The molecule has 0 rings (SSSR count). The van der Waals surface area contributed by atoms with Gasteiger partial charge < -0.3 is 0 Å². The first-order chi connectivity index (χ1) is 6.12. The minimum Gasteiger partial charge on any atom is -0.262 e. The van der Waals surface area contributed by atoms with Gasteiger partial charge in [0.2, 0.25) is 0 Å². The summed E-state index contributed by atoms with van der Waals surface area (Å²) in [6, 6.07) is 0. The van der Waals surface area contributed by atoms with Crippen molar-refractivity contribution in [1.29, 1.82) is 0 Å². The molecule has 0 unspecified atom stereocenters. The zero-order valence-electron chi connectivity index (χ0n) is 6.50. The lowest BCUT2D eigenvalue weighted by Crippen LogP contribution is -1.97. The maximum Gasteiger partial charge on any atom is 0.423 e. The molecule has 0 radical (unpaired) electrons. The van der Waals surface area contributed by atoms with E-state index in [-0.39, 0.29) is 14.9 Å². The topological polar surface area (TPSA) is 188 Å². The van der Waals surface area contributed by atoms with Crippen molar-refractivity contribution in [2.24, 2.45) is 0 Å². The van der Waals surface area contributed by atoms with Gasteiger partial charge in [0.05, 0.1) is 6.26 Å². The fourth-order valence-corrected chi connectivity index (χ4v) is 0. The molecule has 13 heteroatoms. The second-order valence-electron chi connectivity index (χ2n) is 1.28. The molecule has 106 valence electrons. The lowest BCUT2D eigenvalue weighted by molar-refractivity contribution is -0.176. The Kier molecular flexibility index (Phi) is 27.0. The smallest absolute Gasteiger partial charge is 0.262 e. The Balaban J connectivity index is -0.0000000393. The van der Waals surface area contributed by atoms with Gasteiger partial charge in [0.15, 0.2) is 0 Å². The average molecular weight is 292 g/mol. The number of hydrogen-bond donors (Lipinski definition) is 5. The van der Waals surface area contributed by atoms with Crippen LogP contribution in [0.5, 0.6) is 0 Å². The van der Waals surface area contributed by atoms with E-state index in [2.05, 4.69) is 8.67 Å². The first-order valence-corrected chi connectivity index (χ1v) is 5.34. The Hall–Kier alpha value is -0.380. The van der Waals surface area contributed by atoms with Gasteiger partial charge in [0, 0.05) is 0 Å². The number of rotatable bonds is 2. The molecule has 0 heterocycles. The van der Waals surface area contributed by atoms with E-state index in [0.717, 1.165) is 6.26 Å². The summed E-state index contributed by atoms with van der Waals surface area (Å²) >= 11 is 0. The fraction of sp³-hybridized carbons (Fsp3) is 1.00. The van der Waals surface area contributed by atoms with Crippen LogP contribution in [0.2, 0.25) is 0 Å². The van der Waals surface area contributed by atoms with Gasteiger partial charge in [-0.3, -0.25) is 15.1 Å². The minimum absolute atomic E-state index is 0. The van der Waals surface area contributed by atoms with Gasteiger partial charge in [-0.2, -0.15) is 16.8 Å². The van der Waals surface area contributed by atoms with E-state index >= 15 is 0 Å². The van der Waals surface area contributed by atoms with Crippen LogP contribution in [0.4, 0.5) is 0 Å². The standard InChI is InChI=1S/CH4O4S.2CH4.H2O5S.H2O2/c1-6(3,4)5-2;;;1-5-6(2,3)4;1-2/h2H,1H3;2*1H4;1H,(H,2,3,4);1-2H. The zero-order chi connectivity index (χ0) is 12.4. The van der Waals surface area contributed by atoms with Crippen molar-refractivity contribution in [2.75, 3.05) is 6.26 Å². The SMILES string of the molecule is C.C.CS(=O)(=O)OO.O=S(=O)(O)OO.OO. The monoisotopic (exact) mass is 292 g/mol. The summed E-state index contributed by atoms with van der Waals surface area (Å²) in [6.45, 7) is 0. The summed E-state index contributed by atoms with van der Waals surface area (Å²) in [4.78, 5) is 0. The van der Waals surface area contributed by atoms with Gasteiger partial charge >= 0.3 is 10.4 Å². The molecule has 0 amide bonds. The first-order valence-electron chi connectivity index (χ1n) is 2.16. The van der Waals surface area contributed by atoms with Crippen molar-refractivity contribution in [1.82, 2.24) is 0 Å². The van der Waals surface area contributed by atoms with E-state index in [1.165, 1.54) is 0 Å². The first kappa shape index (κ1) is 29.6. The Labute approximate surface area is 93.4 Å². The minimum atomic E-state index is -4.61. The van der Waals surface area contributed by atoms with Crippen LogP contribution in [0.3, 0.4) is 0 Å². The third kappa shape index (κ3) is 68.7. The summed E-state index contributed by atoms with van der Waals surface area (Å²) in [6.07, 6.45) is 0.743. The normalized spacial score (nSPS) is 9.12. The van der Waals surface area contributed by atoms with E-state index in [1.54, 1.807) is 0 Å². The van der Waals surface area contributed by atoms with Crippen LogP contribution in [-0.2, 0) is 29.2 Å². The molecule has 0 saturated heterocycles. The molecule has 0 fully saturated rings. The Morgan fingerprint density at radius 3 is 1.00 bits per heavy atom. The van der Waals surface area contributed by atoms with Crippen LogP contribution in [0.1, 0.15) is 14.9 Å². The molecule has 0 aromatic heterocycles.